The van der Waals surface area contributed by atoms with Gasteiger partial charge in [-0.3, -0.25) is 4.79 Å². The number of rotatable bonds is 3. The summed E-state index contributed by atoms with van der Waals surface area (Å²) in [4.78, 5) is 21.0. The predicted molar refractivity (Wildman–Crippen MR) is 44.8 cm³/mol. The normalized spacial score (nSPS) is 9.57. The zero-order chi connectivity index (χ0) is 10.6. The molecule has 0 unspecified atom stereocenters. The number of benzene rings is 1. The van der Waals surface area contributed by atoms with Crippen LogP contribution >= 0.6 is 0 Å². The Balaban J connectivity index is 2.84. The van der Waals surface area contributed by atoms with Crippen LogP contribution < -0.4 is 5.32 Å². The predicted octanol–water partition coefficient (Wildman–Crippen LogP) is 0.894. The topological polar surface area (TPSA) is 46.2 Å². The van der Waals surface area contributed by atoms with Crippen molar-refractivity contribution in [1.29, 1.82) is 0 Å². The van der Waals surface area contributed by atoms with Crippen LogP contribution in [-0.4, -0.2) is 18.7 Å². The lowest BCUT2D eigenvalue weighted by molar-refractivity contribution is -0.107. The van der Waals surface area contributed by atoms with Crippen molar-refractivity contribution in [2.75, 3.05) is 6.54 Å². The summed E-state index contributed by atoms with van der Waals surface area (Å²) in [5.41, 5.74) is -0.149. The number of carbonyl (C=O) groups is 2. The van der Waals surface area contributed by atoms with E-state index in [1.807, 2.05) is 0 Å². The van der Waals surface area contributed by atoms with Crippen LogP contribution in [-0.2, 0) is 4.79 Å². The average molecular weight is 199 g/mol. The molecule has 0 atom stereocenters. The van der Waals surface area contributed by atoms with Gasteiger partial charge < -0.3 is 10.1 Å². The number of halogens is 2. The second kappa shape index (κ2) is 4.45. The van der Waals surface area contributed by atoms with Gasteiger partial charge in [-0.15, -0.1) is 0 Å². The molecular weight excluding hydrogens is 192 g/mol. The minimum Gasteiger partial charge on any atom is -0.345 e. The number of carbonyl (C=O) groups excluding carboxylic acids is 2. The van der Waals surface area contributed by atoms with E-state index in [9.17, 15) is 18.4 Å². The van der Waals surface area contributed by atoms with Crippen molar-refractivity contribution < 1.29 is 18.4 Å². The minimum atomic E-state index is -0.832. The summed E-state index contributed by atoms with van der Waals surface area (Å²) in [5, 5.41) is 2.16. The summed E-state index contributed by atoms with van der Waals surface area (Å²) in [6.07, 6.45) is 0.480. The van der Waals surface area contributed by atoms with Crippen LogP contribution in [0.4, 0.5) is 8.78 Å². The third-order valence-corrected chi connectivity index (χ3v) is 1.47. The second-order valence-electron chi connectivity index (χ2n) is 2.53. The molecule has 0 saturated carbocycles. The number of aldehydes is 1. The van der Waals surface area contributed by atoms with Crippen molar-refractivity contribution in [2.45, 2.75) is 0 Å². The highest BCUT2D eigenvalue weighted by atomic mass is 19.1. The van der Waals surface area contributed by atoms with E-state index >= 15 is 0 Å². The molecule has 0 fully saturated rings. The zero-order valence-corrected chi connectivity index (χ0v) is 7.09. The molecular formula is C9H7F2NO2. The average Bonchev–Trinajstić information content (AvgIpc) is 2.12. The highest BCUT2D eigenvalue weighted by Gasteiger charge is 2.07. The van der Waals surface area contributed by atoms with Gasteiger partial charge in [0.15, 0.2) is 0 Å². The molecule has 0 aromatic heterocycles. The quantitative estimate of drug-likeness (QED) is 0.735. The lowest BCUT2D eigenvalue weighted by Crippen LogP contribution is -2.25. The Morgan fingerprint density at radius 3 is 2.36 bits per heavy atom. The number of hydrogen-bond acceptors (Lipinski definition) is 2. The van der Waals surface area contributed by atoms with Gasteiger partial charge in [0, 0.05) is 11.6 Å². The Morgan fingerprint density at radius 2 is 1.86 bits per heavy atom. The first-order valence-electron chi connectivity index (χ1n) is 3.81. The maximum absolute atomic E-state index is 12.6. The zero-order valence-electron chi connectivity index (χ0n) is 7.09. The van der Waals surface area contributed by atoms with Gasteiger partial charge in [0.1, 0.15) is 17.9 Å². The fourth-order valence-corrected chi connectivity index (χ4v) is 0.921. The van der Waals surface area contributed by atoms with Crippen LogP contribution in [0.1, 0.15) is 10.4 Å². The molecule has 1 amide bonds. The molecule has 0 aliphatic rings. The maximum Gasteiger partial charge on any atom is 0.251 e. The van der Waals surface area contributed by atoms with Crippen molar-refractivity contribution in [2.24, 2.45) is 0 Å². The number of hydrogen-bond donors (Lipinski definition) is 1. The molecule has 0 saturated heterocycles. The molecule has 1 aromatic carbocycles. The molecule has 3 nitrogen and oxygen atoms in total. The van der Waals surface area contributed by atoms with Crippen LogP contribution in [0.25, 0.3) is 0 Å². The number of amides is 1. The van der Waals surface area contributed by atoms with Crippen LogP contribution in [0.2, 0.25) is 0 Å². The SMILES string of the molecule is O=CCNC(=O)c1cc(F)cc(F)c1. The molecule has 1 N–H and O–H groups in total. The maximum atomic E-state index is 12.6. The van der Waals surface area contributed by atoms with E-state index in [2.05, 4.69) is 5.32 Å². The molecule has 0 spiro atoms. The molecule has 0 radical (unpaired) electrons. The van der Waals surface area contributed by atoms with Gasteiger partial charge >= 0.3 is 0 Å². The van der Waals surface area contributed by atoms with Crippen molar-refractivity contribution >= 4 is 12.2 Å². The van der Waals surface area contributed by atoms with E-state index in [4.69, 9.17) is 0 Å². The highest BCUT2D eigenvalue weighted by molar-refractivity contribution is 5.95. The first-order valence-corrected chi connectivity index (χ1v) is 3.81. The highest BCUT2D eigenvalue weighted by Crippen LogP contribution is 2.07. The van der Waals surface area contributed by atoms with E-state index < -0.39 is 17.5 Å². The van der Waals surface area contributed by atoms with E-state index in [0.29, 0.717) is 12.4 Å². The standard InChI is InChI=1S/C9H7F2NO2/c10-7-3-6(4-8(11)5-7)9(14)12-1-2-13/h2-5H,1H2,(H,12,14). The van der Waals surface area contributed by atoms with Crippen LogP contribution in [0, 0.1) is 11.6 Å². The largest absolute Gasteiger partial charge is 0.345 e. The van der Waals surface area contributed by atoms with Gasteiger partial charge in [-0.05, 0) is 12.1 Å². The Labute approximate surface area is 78.7 Å². The molecule has 74 valence electrons. The molecule has 14 heavy (non-hydrogen) atoms. The van der Waals surface area contributed by atoms with Crippen molar-refractivity contribution in [3.05, 3.63) is 35.4 Å². The van der Waals surface area contributed by atoms with Gasteiger partial charge in [-0.25, -0.2) is 8.78 Å². The third-order valence-electron chi connectivity index (χ3n) is 1.47. The van der Waals surface area contributed by atoms with E-state index in [0.717, 1.165) is 12.1 Å². The lowest BCUT2D eigenvalue weighted by atomic mass is 10.2. The summed E-state index contributed by atoms with van der Waals surface area (Å²) in [5.74, 6) is -2.35. The molecule has 0 aliphatic heterocycles. The van der Waals surface area contributed by atoms with Gasteiger partial charge in [0.2, 0.25) is 0 Å². The van der Waals surface area contributed by atoms with Gasteiger partial charge in [0.25, 0.3) is 5.91 Å². The third kappa shape index (κ3) is 2.62. The summed E-state index contributed by atoms with van der Waals surface area (Å²) in [6, 6.07) is 2.45. The van der Waals surface area contributed by atoms with Crippen molar-refractivity contribution in [3.63, 3.8) is 0 Å². The Hall–Kier alpha value is -1.78. The Kier molecular flexibility index (Phi) is 3.28. The molecule has 5 heteroatoms. The fraction of sp³-hybridized carbons (Fsp3) is 0.111. The van der Waals surface area contributed by atoms with Crippen molar-refractivity contribution in [3.8, 4) is 0 Å². The summed E-state index contributed by atoms with van der Waals surface area (Å²) >= 11 is 0. The number of nitrogens with one attached hydrogen (secondary N) is 1. The van der Waals surface area contributed by atoms with E-state index in [1.165, 1.54) is 0 Å². The van der Waals surface area contributed by atoms with Gasteiger partial charge in [-0.1, -0.05) is 0 Å². The monoisotopic (exact) mass is 199 g/mol. The first-order chi connectivity index (χ1) is 6.63. The first kappa shape index (κ1) is 10.3. The van der Waals surface area contributed by atoms with Gasteiger partial charge in [0.05, 0.1) is 6.54 Å². The van der Waals surface area contributed by atoms with Crippen molar-refractivity contribution in [1.82, 2.24) is 5.32 Å². The smallest absolute Gasteiger partial charge is 0.251 e. The summed E-state index contributed by atoms with van der Waals surface area (Å²) in [7, 11) is 0. The molecule has 1 rings (SSSR count). The lowest BCUT2D eigenvalue weighted by Gasteiger charge is -2.01. The van der Waals surface area contributed by atoms with Crippen LogP contribution in [0.3, 0.4) is 0 Å². The molecule has 0 bridgehead atoms. The Morgan fingerprint density at radius 1 is 1.29 bits per heavy atom. The van der Waals surface area contributed by atoms with Crippen LogP contribution in [0.15, 0.2) is 18.2 Å². The second-order valence-corrected chi connectivity index (χ2v) is 2.53. The summed E-state index contributed by atoms with van der Waals surface area (Å²) in [6.45, 7) is -0.184. The van der Waals surface area contributed by atoms with Gasteiger partial charge in [-0.2, -0.15) is 0 Å². The molecule has 0 heterocycles. The van der Waals surface area contributed by atoms with E-state index in [-0.39, 0.29) is 12.1 Å². The molecule has 0 aliphatic carbocycles. The molecule has 1 aromatic rings. The fourth-order valence-electron chi connectivity index (χ4n) is 0.921. The van der Waals surface area contributed by atoms with Crippen LogP contribution in [0.5, 0.6) is 0 Å². The Bertz CT molecular complexity index is 346. The summed E-state index contributed by atoms with van der Waals surface area (Å²) < 4.78 is 25.2. The minimum absolute atomic E-state index is 0.149. The van der Waals surface area contributed by atoms with E-state index in [1.54, 1.807) is 0 Å².